The number of ether oxygens (including phenoxy) is 2. The van der Waals surface area contributed by atoms with Crippen molar-refractivity contribution in [3.63, 3.8) is 0 Å². The van der Waals surface area contributed by atoms with Gasteiger partial charge in [-0.05, 0) is 30.3 Å². The van der Waals surface area contributed by atoms with Crippen molar-refractivity contribution in [3.8, 4) is 17.2 Å². The maximum Gasteiger partial charge on any atom is 0.168 e. The van der Waals surface area contributed by atoms with E-state index in [1.807, 2.05) is 48.5 Å². The van der Waals surface area contributed by atoms with Gasteiger partial charge in [-0.3, -0.25) is 0 Å². The molecule has 4 aromatic rings. The Balaban J connectivity index is 1.64. The molecule has 2 aromatic heterocycles. The van der Waals surface area contributed by atoms with Crippen molar-refractivity contribution in [2.24, 2.45) is 0 Å². The highest BCUT2D eigenvalue weighted by Gasteiger charge is 2.12. The second kappa shape index (κ2) is 7.33. The Kier molecular flexibility index (Phi) is 4.57. The Hall–Kier alpha value is -3.61. The third kappa shape index (κ3) is 3.27. The lowest BCUT2D eigenvalue weighted by molar-refractivity contribution is 0.410. The highest BCUT2D eigenvalue weighted by atomic mass is 16.5. The first kappa shape index (κ1) is 16.8. The number of benzene rings is 2. The molecule has 0 bridgehead atoms. The number of hydrogen-bond donors (Lipinski definition) is 1. The molecule has 1 N–H and O–H groups in total. The van der Waals surface area contributed by atoms with Gasteiger partial charge in [-0.1, -0.05) is 18.2 Å². The zero-order valence-corrected chi connectivity index (χ0v) is 15.1. The van der Waals surface area contributed by atoms with Crippen molar-refractivity contribution in [2.75, 3.05) is 19.5 Å². The van der Waals surface area contributed by atoms with Crippen molar-refractivity contribution < 1.29 is 9.47 Å². The van der Waals surface area contributed by atoms with Crippen LogP contribution in [0.2, 0.25) is 0 Å². The molecule has 0 aliphatic heterocycles. The molecule has 0 atom stereocenters. The smallest absolute Gasteiger partial charge is 0.168 e. The van der Waals surface area contributed by atoms with Gasteiger partial charge in [-0.2, -0.15) is 5.10 Å². The minimum Gasteiger partial charge on any atom is -0.497 e. The fourth-order valence-electron chi connectivity index (χ4n) is 2.93. The van der Waals surface area contributed by atoms with Crippen LogP contribution in [0, 0.1) is 0 Å². The molecule has 136 valence electrons. The van der Waals surface area contributed by atoms with Gasteiger partial charge in [0.15, 0.2) is 5.65 Å². The molecule has 0 saturated carbocycles. The van der Waals surface area contributed by atoms with E-state index in [0.717, 1.165) is 39.6 Å². The van der Waals surface area contributed by atoms with Crippen LogP contribution in [-0.2, 0) is 6.54 Å². The van der Waals surface area contributed by atoms with Crippen LogP contribution in [0.5, 0.6) is 11.5 Å². The van der Waals surface area contributed by atoms with Crippen LogP contribution < -0.4 is 14.8 Å². The largest absolute Gasteiger partial charge is 0.497 e. The lowest BCUT2D eigenvalue weighted by Crippen LogP contribution is -2.04. The summed E-state index contributed by atoms with van der Waals surface area (Å²) in [5.74, 6) is 2.36. The summed E-state index contributed by atoms with van der Waals surface area (Å²) in [6.45, 7) is 0.587. The summed E-state index contributed by atoms with van der Waals surface area (Å²) in [7, 11) is 3.31. The highest BCUT2D eigenvalue weighted by molar-refractivity contribution is 5.87. The summed E-state index contributed by atoms with van der Waals surface area (Å²) < 4.78 is 12.4. The molecule has 2 heterocycles. The molecule has 0 unspecified atom stereocenters. The van der Waals surface area contributed by atoms with Gasteiger partial charge in [-0.15, -0.1) is 0 Å². The second-order valence-electron chi connectivity index (χ2n) is 5.88. The molecular weight excluding hydrogens is 342 g/mol. The zero-order chi connectivity index (χ0) is 18.6. The van der Waals surface area contributed by atoms with Gasteiger partial charge in [0.1, 0.15) is 23.6 Å². The van der Waals surface area contributed by atoms with Gasteiger partial charge in [0.2, 0.25) is 0 Å². The van der Waals surface area contributed by atoms with Crippen molar-refractivity contribution in [1.29, 1.82) is 0 Å². The van der Waals surface area contributed by atoms with Crippen molar-refractivity contribution in [3.05, 3.63) is 66.6 Å². The molecule has 0 aliphatic carbocycles. The average molecular weight is 361 g/mol. The van der Waals surface area contributed by atoms with E-state index in [1.54, 1.807) is 25.1 Å². The van der Waals surface area contributed by atoms with Crippen LogP contribution in [0.15, 0.2) is 61.1 Å². The number of anilines is 1. The third-order valence-corrected chi connectivity index (χ3v) is 4.32. The summed E-state index contributed by atoms with van der Waals surface area (Å²) in [6.07, 6.45) is 3.30. The predicted molar refractivity (Wildman–Crippen MR) is 104 cm³/mol. The standard InChI is InChI=1S/C20H19N5O2/c1-26-16-9-7-15(8-10-16)25-20-17(12-24-25)19(22-13-23-20)21-11-14-5-3-4-6-18(14)27-2/h3-10,12-13H,11H2,1-2H3,(H,21,22,23). The SMILES string of the molecule is COc1ccc(-n2ncc3c(NCc4ccccc4OC)ncnc32)cc1. The van der Waals surface area contributed by atoms with E-state index in [4.69, 9.17) is 9.47 Å². The Morgan fingerprint density at radius 1 is 0.963 bits per heavy atom. The van der Waals surface area contributed by atoms with Crippen LogP contribution in [0.4, 0.5) is 5.82 Å². The molecule has 0 aliphatic rings. The van der Waals surface area contributed by atoms with Crippen LogP contribution in [0.3, 0.4) is 0 Å². The first-order chi connectivity index (χ1) is 13.3. The van der Waals surface area contributed by atoms with Gasteiger partial charge >= 0.3 is 0 Å². The molecule has 7 heteroatoms. The Bertz CT molecular complexity index is 1060. The number of nitrogens with one attached hydrogen (secondary N) is 1. The van der Waals surface area contributed by atoms with E-state index in [0.29, 0.717) is 6.54 Å². The zero-order valence-electron chi connectivity index (χ0n) is 15.1. The summed E-state index contributed by atoms with van der Waals surface area (Å²) in [6, 6.07) is 15.6. The van der Waals surface area contributed by atoms with Gasteiger partial charge < -0.3 is 14.8 Å². The van der Waals surface area contributed by atoms with Crippen molar-refractivity contribution in [1.82, 2.24) is 19.7 Å². The van der Waals surface area contributed by atoms with Crippen LogP contribution in [0.1, 0.15) is 5.56 Å². The number of para-hydroxylation sites is 1. The van der Waals surface area contributed by atoms with Gasteiger partial charge in [0, 0.05) is 12.1 Å². The maximum atomic E-state index is 5.40. The van der Waals surface area contributed by atoms with Gasteiger partial charge in [0.25, 0.3) is 0 Å². The molecule has 0 radical (unpaired) electrons. The molecular formula is C20H19N5O2. The topological polar surface area (TPSA) is 74.1 Å². The van der Waals surface area contributed by atoms with E-state index in [-0.39, 0.29) is 0 Å². The normalized spacial score (nSPS) is 10.7. The molecule has 0 saturated heterocycles. The number of aromatic nitrogens is 4. The number of methoxy groups -OCH3 is 2. The van der Waals surface area contributed by atoms with E-state index in [1.165, 1.54) is 6.33 Å². The summed E-state index contributed by atoms with van der Waals surface area (Å²) in [5, 5.41) is 8.69. The molecule has 0 amide bonds. The Morgan fingerprint density at radius 3 is 2.56 bits per heavy atom. The van der Waals surface area contributed by atoms with Crippen molar-refractivity contribution in [2.45, 2.75) is 6.54 Å². The summed E-state index contributed by atoms with van der Waals surface area (Å²) in [5.41, 5.74) is 2.69. The molecule has 0 spiro atoms. The minimum absolute atomic E-state index is 0.587. The van der Waals surface area contributed by atoms with E-state index >= 15 is 0 Å². The van der Waals surface area contributed by atoms with Gasteiger partial charge in [-0.25, -0.2) is 14.6 Å². The minimum atomic E-state index is 0.587. The van der Waals surface area contributed by atoms with Crippen LogP contribution in [-0.4, -0.2) is 34.0 Å². The lowest BCUT2D eigenvalue weighted by Gasteiger charge is -2.10. The van der Waals surface area contributed by atoms with Crippen LogP contribution >= 0.6 is 0 Å². The highest BCUT2D eigenvalue weighted by Crippen LogP contribution is 2.24. The lowest BCUT2D eigenvalue weighted by atomic mass is 10.2. The fraction of sp³-hybridized carbons (Fsp3) is 0.150. The third-order valence-electron chi connectivity index (χ3n) is 4.32. The average Bonchev–Trinajstić information content (AvgIpc) is 3.17. The number of fused-ring (bicyclic) bond motifs is 1. The molecule has 7 nitrogen and oxygen atoms in total. The first-order valence-corrected chi connectivity index (χ1v) is 8.49. The van der Waals surface area contributed by atoms with E-state index < -0.39 is 0 Å². The van der Waals surface area contributed by atoms with E-state index in [2.05, 4.69) is 20.4 Å². The Labute approximate surface area is 156 Å². The number of hydrogen-bond acceptors (Lipinski definition) is 6. The molecule has 4 rings (SSSR count). The van der Waals surface area contributed by atoms with Crippen LogP contribution in [0.25, 0.3) is 16.7 Å². The second-order valence-corrected chi connectivity index (χ2v) is 5.88. The predicted octanol–water partition coefficient (Wildman–Crippen LogP) is 3.44. The quantitative estimate of drug-likeness (QED) is 0.567. The fourth-order valence-corrected chi connectivity index (χ4v) is 2.93. The summed E-state index contributed by atoms with van der Waals surface area (Å²) in [4.78, 5) is 8.78. The molecule has 2 aromatic carbocycles. The van der Waals surface area contributed by atoms with Gasteiger partial charge in [0.05, 0.1) is 31.5 Å². The van der Waals surface area contributed by atoms with Crippen molar-refractivity contribution >= 4 is 16.9 Å². The summed E-state index contributed by atoms with van der Waals surface area (Å²) >= 11 is 0. The maximum absolute atomic E-state index is 5.40. The van der Waals surface area contributed by atoms with E-state index in [9.17, 15) is 0 Å². The molecule has 0 fully saturated rings. The first-order valence-electron chi connectivity index (χ1n) is 8.49. The monoisotopic (exact) mass is 361 g/mol. The number of nitrogens with zero attached hydrogens (tertiary/aromatic N) is 4. The number of rotatable bonds is 6. The molecule has 27 heavy (non-hydrogen) atoms. The Morgan fingerprint density at radius 2 is 1.78 bits per heavy atom.